The number of benzene rings is 2. The Kier molecular flexibility index (Phi) is 6.74. The Bertz CT molecular complexity index is 1050. The lowest BCUT2D eigenvalue weighted by atomic mass is 9.99. The van der Waals surface area contributed by atoms with Gasteiger partial charge in [0.25, 0.3) is 5.91 Å². The maximum absolute atomic E-state index is 12.4. The number of nitrogens with zero attached hydrogens (tertiary/aromatic N) is 1. The summed E-state index contributed by atoms with van der Waals surface area (Å²) >= 11 is 5.79. The van der Waals surface area contributed by atoms with E-state index in [-0.39, 0.29) is 28.8 Å². The van der Waals surface area contributed by atoms with Gasteiger partial charge in [0.1, 0.15) is 12.4 Å². The van der Waals surface area contributed by atoms with Crippen molar-refractivity contribution < 1.29 is 18.9 Å². The molecule has 3 rings (SSSR count). The average Bonchev–Trinajstić information content (AvgIpc) is 3.22. The highest BCUT2D eigenvalue weighted by atomic mass is 35.5. The van der Waals surface area contributed by atoms with Crippen LogP contribution in [0.3, 0.4) is 0 Å². The fourth-order valence-electron chi connectivity index (χ4n) is 2.81. The zero-order valence-electron chi connectivity index (χ0n) is 16.6. The van der Waals surface area contributed by atoms with Crippen LogP contribution >= 0.6 is 11.6 Å². The molecule has 0 radical (unpaired) electrons. The summed E-state index contributed by atoms with van der Waals surface area (Å²) in [4.78, 5) is 23.0. The molecule has 7 nitrogen and oxygen atoms in total. The molecule has 0 aliphatic rings. The Labute approximate surface area is 178 Å². The van der Waals surface area contributed by atoms with Gasteiger partial charge >= 0.3 is 5.69 Å². The number of carbonyl (C=O) groups excluding carboxylic acids is 1. The summed E-state index contributed by atoms with van der Waals surface area (Å²) in [6.45, 7) is 4.21. The van der Waals surface area contributed by atoms with Crippen molar-refractivity contribution in [2.75, 3.05) is 5.32 Å². The van der Waals surface area contributed by atoms with Crippen molar-refractivity contribution in [1.82, 2.24) is 0 Å². The van der Waals surface area contributed by atoms with E-state index in [4.69, 9.17) is 20.8 Å². The summed E-state index contributed by atoms with van der Waals surface area (Å²) in [5.41, 5.74) is 1.63. The normalized spacial score (nSPS) is 11.7. The SMILES string of the molecule is CCC(C)c1ccc(NC(=O)c2ccc(COc3ccc(Cl)cc3[N+](=O)[O-])o2)cc1. The van der Waals surface area contributed by atoms with Crippen molar-refractivity contribution in [1.29, 1.82) is 0 Å². The molecule has 0 saturated carbocycles. The molecule has 8 heteroatoms. The minimum absolute atomic E-state index is 0.0631. The van der Waals surface area contributed by atoms with Crippen molar-refractivity contribution >= 4 is 28.9 Å². The number of rotatable bonds is 8. The molecule has 0 aliphatic carbocycles. The minimum atomic E-state index is -0.575. The summed E-state index contributed by atoms with van der Waals surface area (Å²) in [6.07, 6.45) is 1.04. The monoisotopic (exact) mass is 428 g/mol. The fourth-order valence-corrected chi connectivity index (χ4v) is 2.97. The Balaban J connectivity index is 1.62. The van der Waals surface area contributed by atoms with E-state index in [1.807, 2.05) is 24.3 Å². The van der Waals surface area contributed by atoms with Crippen LogP contribution in [0.4, 0.5) is 11.4 Å². The van der Waals surface area contributed by atoms with Gasteiger partial charge in [-0.05, 0) is 54.3 Å². The van der Waals surface area contributed by atoms with Crippen LogP contribution in [0.5, 0.6) is 5.75 Å². The third kappa shape index (κ3) is 5.18. The third-order valence-corrected chi connectivity index (χ3v) is 4.96. The summed E-state index contributed by atoms with van der Waals surface area (Å²) in [5.74, 6) is 0.601. The molecule has 30 heavy (non-hydrogen) atoms. The molecule has 0 spiro atoms. The molecule has 156 valence electrons. The molecule has 1 atom stereocenters. The Morgan fingerprint density at radius 1 is 1.20 bits per heavy atom. The van der Waals surface area contributed by atoms with Gasteiger partial charge in [-0.15, -0.1) is 0 Å². The van der Waals surface area contributed by atoms with Gasteiger partial charge in [0.05, 0.1) is 4.92 Å². The lowest BCUT2D eigenvalue weighted by Crippen LogP contribution is -2.11. The van der Waals surface area contributed by atoms with Gasteiger partial charge in [-0.3, -0.25) is 14.9 Å². The van der Waals surface area contributed by atoms with Gasteiger partial charge in [-0.1, -0.05) is 37.6 Å². The van der Waals surface area contributed by atoms with Crippen molar-refractivity contribution in [3.8, 4) is 5.75 Å². The second-order valence-corrected chi connectivity index (χ2v) is 7.25. The Hall–Kier alpha value is -3.32. The molecule has 1 aromatic heterocycles. The molecule has 1 N–H and O–H groups in total. The van der Waals surface area contributed by atoms with Crippen LogP contribution in [0.25, 0.3) is 0 Å². The summed E-state index contributed by atoms with van der Waals surface area (Å²) < 4.78 is 11.0. The number of nitrogens with one attached hydrogen (secondary N) is 1. The van der Waals surface area contributed by atoms with Gasteiger partial charge in [0.2, 0.25) is 0 Å². The standard InChI is InChI=1S/C22H21ClN2O5/c1-3-14(2)15-4-7-17(8-5-15)24-22(26)21-11-9-18(30-21)13-29-20-10-6-16(23)12-19(20)25(27)28/h4-12,14H,3,13H2,1-2H3,(H,24,26). The van der Waals surface area contributed by atoms with Gasteiger partial charge in [0, 0.05) is 16.8 Å². The summed E-state index contributed by atoms with van der Waals surface area (Å²) in [6, 6.07) is 14.9. The van der Waals surface area contributed by atoms with E-state index >= 15 is 0 Å². The topological polar surface area (TPSA) is 94.6 Å². The summed E-state index contributed by atoms with van der Waals surface area (Å²) in [5, 5.41) is 14.1. The van der Waals surface area contributed by atoms with Crippen molar-refractivity contribution in [2.24, 2.45) is 0 Å². The fraction of sp³-hybridized carbons (Fsp3) is 0.227. The molecular weight excluding hydrogens is 408 g/mol. The number of ether oxygens (including phenoxy) is 1. The number of halogens is 1. The van der Waals surface area contributed by atoms with Crippen LogP contribution in [-0.2, 0) is 6.61 Å². The molecule has 0 aliphatic heterocycles. The van der Waals surface area contributed by atoms with Gasteiger partial charge < -0.3 is 14.5 Å². The zero-order chi connectivity index (χ0) is 21.7. The first-order valence-electron chi connectivity index (χ1n) is 9.44. The second kappa shape index (κ2) is 9.45. The number of anilines is 1. The van der Waals surface area contributed by atoms with E-state index < -0.39 is 10.8 Å². The zero-order valence-corrected chi connectivity index (χ0v) is 17.3. The third-order valence-electron chi connectivity index (χ3n) is 4.72. The first-order chi connectivity index (χ1) is 14.4. The predicted octanol–water partition coefficient (Wildman–Crippen LogP) is 6.19. The van der Waals surface area contributed by atoms with Crippen LogP contribution in [0.2, 0.25) is 5.02 Å². The van der Waals surface area contributed by atoms with E-state index in [2.05, 4.69) is 19.2 Å². The first-order valence-corrected chi connectivity index (χ1v) is 9.82. The van der Waals surface area contributed by atoms with Crippen molar-refractivity contribution in [3.05, 3.63) is 86.8 Å². The molecule has 0 bridgehead atoms. The number of nitro groups is 1. The van der Waals surface area contributed by atoms with Crippen LogP contribution in [0.15, 0.2) is 59.0 Å². The highest BCUT2D eigenvalue weighted by Gasteiger charge is 2.17. The van der Waals surface area contributed by atoms with Crippen LogP contribution in [-0.4, -0.2) is 10.8 Å². The lowest BCUT2D eigenvalue weighted by Gasteiger charge is -2.10. The van der Waals surface area contributed by atoms with E-state index in [1.54, 1.807) is 6.07 Å². The maximum Gasteiger partial charge on any atom is 0.312 e. The summed E-state index contributed by atoms with van der Waals surface area (Å²) in [7, 11) is 0. The van der Waals surface area contributed by atoms with Crippen LogP contribution < -0.4 is 10.1 Å². The van der Waals surface area contributed by atoms with E-state index in [0.717, 1.165) is 6.42 Å². The molecular formula is C22H21ClN2O5. The average molecular weight is 429 g/mol. The second-order valence-electron chi connectivity index (χ2n) is 6.81. The lowest BCUT2D eigenvalue weighted by molar-refractivity contribution is -0.385. The molecule has 1 unspecified atom stereocenters. The number of furan rings is 1. The van der Waals surface area contributed by atoms with Crippen molar-refractivity contribution in [2.45, 2.75) is 32.8 Å². The van der Waals surface area contributed by atoms with E-state index in [0.29, 0.717) is 17.4 Å². The highest BCUT2D eigenvalue weighted by Crippen LogP contribution is 2.30. The Morgan fingerprint density at radius 2 is 1.93 bits per heavy atom. The highest BCUT2D eigenvalue weighted by molar-refractivity contribution is 6.30. The number of hydrogen-bond donors (Lipinski definition) is 1. The van der Waals surface area contributed by atoms with Gasteiger partial charge in [-0.25, -0.2) is 0 Å². The van der Waals surface area contributed by atoms with Gasteiger partial charge in [-0.2, -0.15) is 0 Å². The largest absolute Gasteiger partial charge is 0.479 e. The van der Waals surface area contributed by atoms with E-state index in [1.165, 1.54) is 29.8 Å². The van der Waals surface area contributed by atoms with Crippen LogP contribution in [0, 0.1) is 10.1 Å². The number of hydrogen-bond acceptors (Lipinski definition) is 5. The number of carbonyl (C=O) groups is 1. The van der Waals surface area contributed by atoms with Crippen LogP contribution in [0.1, 0.15) is 48.1 Å². The first kappa shape index (κ1) is 21.4. The molecule has 0 fully saturated rings. The smallest absolute Gasteiger partial charge is 0.312 e. The van der Waals surface area contributed by atoms with E-state index in [9.17, 15) is 14.9 Å². The van der Waals surface area contributed by atoms with Crippen molar-refractivity contribution in [3.63, 3.8) is 0 Å². The van der Waals surface area contributed by atoms with Gasteiger partial charge in [0.15, 0.2) is 11.5 Å². The molecule has 1 heterocycles. The quantitative estimate of drug-likeness (QED) is 0.341. The Morgan fingerprint density at radius 3 is 2.60 bits per heavy atom. The molecule has 1 amide bonds. The minimum Gasteiger partial charge on any atom is -0.479 e. The molecule has 3 aromatic rings. The number of amides is 1. The molecule has 0 saturated heterocycles. The number of nitro benzene ring substituents is 1. The maximum atomic E-state index is 12.4. The predicted molar refractivity (Wildman–Crippen MR) is 114 cm³/mol. The molecule has 2 aromatic carbocycles.